The number of carbonyl (C=O) groups excluding carboxylic acids is 1. The van der Waals surface area contributed by atoms with Gasteiger partial charge in [0.1, 0.15) is 5.82 Å². The van der Waals surface area contributed by atoms with E-state index in [1.54, 1.807) is 6.20 Å². The van der Waals surface area contributed by atoms with Crippen molar-refractivity contribution in [2.75, 3.05) is 0 Å². The molecule has 3 rings (SSSR count). The van der Waals surface area contributed by atoms with E-state index in [2.05, 4.69) is 43.3 Å². The number of amides is 1. The van der Waals surface area contributed by atoms with Crippen LogP contribution in [0.2, 0.25) is 0 Å². The van der Waals surface area contributed by atoms with Gasteiger partial charge in [-0.1, -0.05) is 28.1 Å². The first-order chi connectivity index (χ1) is 10.1. The Bertz CT molecular complexity index is 674. The summed E-state index contributed by atoms with van der Waals surface area (Å²) in [6.07, 6.45) is 2.64. The highest BCUT2D eigenvalue weighted by atomic mass is 79.9. The van der Waals surface area contributed by atoms with Gasteiger partial charge in [-0.15, -0.1) is 0 Å². The van der Waals surface area contributed by atoms with Crippen molar-refractivity contribution in [2.24, 2.45) is 5.92 Å². The SMILES string of the molecule is Cc1nccc(CNC(=O)[C@H]2C[C@@H]2c2cccc(Br)c2)n1. The number of carbonyl (C=O) groups is 1. The second-order valence-electron chi connectivity index (χ2n) is 5.32. The highest BCUT2D eigenvalue weighted by Crippen LogP contribution is 2.47. The predicted molar refractivity (Wildman–Crippen MR) is 83.6 cm³/mol. The van der Waals surface area contributed by atoms with Crippen LogP contribution in [0.1, 0.15) is 29.4 Å². The molecule has 1 saturated carbocycles. The van der Waals surface area contributed by atoms with Crippen molar-refractivity contribution in [1.82, 2.24) is 15.3 Å². The van der Waals surface area contributed by atoms with Crippen molar-refractivity contribution in [3.63, 3.8) is 0 Å². The van der Waals surface area contributed by atoms with E-state index in [1.807, 2.05) is 25.1 Å². The van der Waals surface area contributed by atoms with Crippen molar-refractivity contribution in [3.8, 4) is 0 Å². The third-order valence-electron chi connectivity index (χ3n) is 3.68. The van der Waals surface area contributed by atoms with E-state index in [-0.39, 0.29) is 11.8 Å². The first-order valence-corrected chi connectivity index (χ1v) is 7.74. The van der Waals surface area contributed by atoms with Crippen LogP contribution in [0, 0.1) is 12.8 Å². The van der Waals surface area contributed by atoms with Gasteiger partial charge in [-0.3, -0.25) is 4.79 Å². The molecule has 1 aromatic carbocycles. The van der Waals surface area contributed by atoms with Crippen LogP contribution in [0.4, 0.5) is 0 Å². The van der Waals surface area contributed by atoms with Gasteiger partial charge in [0.25, 0.3) is 0 Å². The topological polar surface area (TPSA) is 54.9 Å². The average molecular weight is 346 g/mol. The van der Waals surface area contributed by atoms with Crippen LogP contribution >= 0.6 is 15.9 Å². The Morgan fingerprint density at radius 3 is 3.05 bits per heavy atom. The number of hydrogen-bond donors (Lipinski definition) is 1. The van der Waals surface area contributed by atoms with Crippen LogP contribution in [0.15, 0.2) is 41.0 Å². The van der Waals surface area contributed by atoms with Gasteiger partial charge in [0.05, 0.1) is 12.2 Å². The fraction of sp³-hybridized carbons (Fsp3) is 0.312. The molecule has 1 N–H and O–H groups in total. The number of nitrogens with zero attached hydrogens (tertiary/aromatic N) is 2. The lowest BCUT2D eigenvalue weighted by Crippen LogP contribution is -2.25. The van der Waals surface area contributed by atoms with Gasteiger partial charge in [0.15, 0.2) is 0 Å². The summed E-state index contributed by atoms with van der Waals surface area (Å²) in [5.41, 5.74) is 2.07. The summed E-state index contributed by atoms with van der Waals surface area (Å²) < 4.78 is 1.06. The Hall–Kier alpha value is -1.75. The first kappa shape index (κ1) is 14.2. The molecule has 108 valence electrons. The molecule has 5 heteroatoms. The highest BCUT2D eigenvalue weighted by molar-refractivity contribution is 9.10. The fourth-order valence-electron chi connectivity index (χ4n) is 2.50. The van der Waals surface area contributed by atoms with Gasteiger partial charge in [0.2, 0.25) is 5.91 Å². The number of aromatic nitrogens is 2. The maximum absolute atomic E-state index is 12.2. The van der Waals surface area contributed by atoms with Crippen molar-refractivity contribution in [1.29, 1.82) is 0 Å². The molecular weight excluding hydrogens is 330 g/mol. The molecular formula is C16H16BrN3O. The Labute approximate surface area is 132 Å². The third kappa shape index (κ3) is 3.47. The molecule has 4 nitrogen and oxygen atoms in total. The Balaban J connectivity index is 1.56. The second kappa shape index (κ2) is 5.93. The largest absolute Gasteiger partial charge is 0.350 e. The number of halogens is 1. The van der Waals surface area contributed by atoms with Crippen molar-refractivity contribution in [2.45, 2.75) is 25.8 Å². The first-order valence-electron chi connectivity index (χ1n) is 6.95. The Morgan fingerprint density at radius 1 is 1.43 bits per heavy atom. The second-order valence-corrected chi connectivity index (χ2v) is 6.23. The maximum atomic E-state index is 12.2. The molecule has 1 heterocycles. The molecule has 0 saturated heterocycles. The quantitative estimate of drug-likeness (QED) is 0.926. The summed E-state index contributed by atoms with van der Waals surface area (Å²) in [4.78, 5) is 20.5. The predicted octanol–water partition coefficient (Wildman–Crippen LogP) is 2.97. The molecule has 0 radical (unpaired) electrons. The lowest BCUT2D eigenvalue weighted by atomic mass is 10.1. The van der Waals surface area contributed by atoms with E-state index in [1.165, 1.54) is 5.56 Å². The molecule has 0 bridgehead atoms. The highest BCUT2D eigenvalue weighted by Gasteiger charge is 2.43. The zero-order valence-electron chi connectivity index (χ0n) is 11.7. The van der Waals surface area contributed by atoms with E-state index in [9.17, 15) is 4.79 Å². The van der Waals surface area contributed by atoms with Gasteiger partial charge in [0, 0.05) is 16.6 Å². The lowest BCUT2D eigenvalue weighted by Gasteiger charge is -2.05. The summed E-state index contributed by atoms with van der Waals surface area (Å²) in [6.45, 7) is 2.30. The van der Waals surface area contributed by atoms with Crippen LogP contribution in [-0.4, -0.2) is 15.9 Å². The van der Waals surface area contributed by atoms with Crippen LogP contribution < -0.4 is 5.32 Å². The third-order valence-corrected chi connectivity index (χ3v) is 4.17. The summed E-state index contributed by atoms with van der Waals surface area (Å²) in [5, 5.41) is 2.96. The van der Waals surface area contributed by atoms with Gasteiger partial charge in [-0.2, -0.15) is 0 Å². The van der Waals surface area contributed by atoms with E-state index in [0.29, 0.717) is 12.5 Å². The Kier molecular flexibility index (Phi) is 4.01. The number of rotatable bonds is 4. The van der Waals surface area contributed by atoms with Gasteiger partial charge in [-0.25, -0.2) is 9.97 Å². The van der Waals surface area contributed by atoms with Crippen molar-refractivity contribution in [3.05, 3.63) is 58.1 Å². The Morgan fingerprint density at radius 2 is 2.29 bits per heavy atom. The number of aryl methyl sites for hydroxylation is 1. The average Bonchev–Trinajstić information content (AvgIpc) is 3.25. The normalized spacial score (nSPS) is 20.1. The van der Waals surface area contributed by atoms with Crippen molar-refractivity contribution < 1.29 is 4.79 Å². The fourth-order valence-corrected chi connectivity index (χ4v) is 2.92. The summed E-state index contributed by atoms with van der Waals surface area (Å²) in [6, 6.07) is 10.0. The molecule has 1 aliphatic rings. The molecule has 1 fully saturated rings. The number of hydrogen-bond acceptors (Lipinski definition) is 3. The molecule has 1 aromatic heterocycles. The number of benzene rings is 1. The van der Waals surface area contributed by atoms with Crippen LogP contribution in [0.25, 0.3) is 0 Å². The monoisotopic (exact) mass is 345 g/mol. The van der Waals surface area contributed by atoms with Gasteiger partial charge < -0.3 is 5.32 Å². The van der Waals surface area contributed by atoms with Crippen LogP contribution in [-0.2, 0) is 11.3 Å². The summed E-state index contributed by atoms with van der Waals surface area (Å²) >= 11 is 3.47. The zero-order chi connectivity index (χ0) is 14.8. The standard InChI is InChI=1S/C16H16BrN3O/c1-10-18-6-5-13(20-10)9-19-16(21)15-8-14(15)11-3-2-4-12(17)7-11/h2-7,14-15H,8-9H2,1H3,(H,19,21)/t14-,15+/m1/s1. The molecule has 0 aliphatic heterocycles. The molecule has 0 spiro atoms. The minimum absolute atomic E-state index is 0.0854. The van der Waals surface area contributed by atoms with Gasteiger partial charge >= 0.3 is 0 Å². The van der Waals surface area contributed by atoms with E-state index in [4.69, 9.17) is 0 Å². The van der Waals surface area contributed by atoms with Crippen LogP contribution in [0.3, 0.4) is 0 Å². The minimum Gasteiger partial charge on any atom is -0.350 e. The molecule has 2 aromatic rings. The molecule has 21 heavy (non-hydrogen) atoms. The molecule has 1 amide bonds. The smallest absolute Gasteiger partial charge is 0.224 e. The van der Waals surface area contributed by atoms with E-state index >= 15 is 0 Å². The van der Waals surface area contributed by atoms with E-state index in [0.717, 1.165) is 22.4 Å². The lowest BCUT2D eigenvalue weighted by molar-refractivity contribution is -0.122. The molecule has 2 atom stereocenters. The molecule has 1 aliphatic carbocycles. The summed E-state index contributed by atoms with van der Waals surface area (Å²) in [7, 11) is 0. The van der Waals surface area contributed by atoms with Gasteiger partial charge in [-0.05, 0) is 43.0 Å². The van der Waals surface area contributed by atoms with E-state index < -0.39 is 0 Å². The minimum atomic E-state index is 0.0854. The number of nitrogens with one attached hydrogen (secondary N) is 1. The maximum Gasteiger partial charge on any atom is 0.224 e. The summed E-state index contributed by atoms with van der Waals surface area (Å²) in [5.74, 6) is 1.26. The van der Waals surface area contributed by atoms with Crippen molar-refractivity contribution >= 4 is 21.8 Å². The van der Waals surface area contributed by atoms with Crippen LogP contribution in [0.5, 0.6) is 0 Å². The molecule has 0 unspecified atom stereocenters. The zero-order valence-corrected chi connectivity index (χ0v) is 13.3.